The van der Waals surface area contributed by atoms with E-state index in [2.05, 4.69) is 0 Å². The monoisotopic (exact) mass is 336 g/mol. The molecular weight excluding hydrogens is 324 g/mol. The molecule has 0 bridgehead atoms. The van der Waals surface area contributed by atoms with E-state index in [9.17, 15) is 4.79 Å². The summed E-state index contributed by atoms with van der Waals surface area (Å²) in [7, 11) is 0. The summed E-state index contributed by atoms with van der Waals surface area (Å²) in [6.45, 7) is 0. The molecule has 3 nitrogen and oxygen atoms in total. The molecule has 3 aromatic carbocycles. The topological polar surface area (TPSA) is 35.5 Å². The molecule has 118 valence electrons. The highest BCUT2D eigenvalue weighted by Crippen LogP contribution is 2.47. The van der Waals surface area contributed by atoms with Crippen molar-refractivity contribution < 1.29 is 14.3 Å². The number of benzene rings is 3. The molecule has 24 heavy (non-hydrogen) atoms. The van der Waals surface area contributed by atoms with Crippen molar-refractivity contribution in [3.8, 4) is 11.5 Å². The van der Waals surface area contributed by atoms with E-state index in [1.54, 1.807) is 18.2 Å². The second-order valence-electron chi connectivity index (χ2n) is 5.49. The average molecular weight is 337 g/mol. The maximum Gasteiger partial charge on any atom is 0.305 e. The fourth-order valence-electron chi connectivity index (χ4n) is 2.84. The second-order valence-corrected chi connectivity index (χ2v) is 5.83. The van der Waals surface area contributed by atoms with Crippen LogP contribution in [0.1, 0.15) is 21.5 Å². The number of hydrogen-bond donors (Lipinski definition) is 0. The Kier molecular flexibility index (Phi) is 3.51. The van der Waals surface area contributed by atoms with Crippen molar-refractivity contribution >= 4 is 16.8 Å². The van der Waals surface area contributed by atoms with Crippen molar-refractivity contribution in [2.75, 3.05) is 0 Å². The van der Waals surface area contributed by atoms with Crippen molar-refractivity contribution in [2.45, 2.75) is 5.79 Å². The number of fused-ring (bicyclic) bond motifs is 1. The fraction of sp³-hybridized carbons (Fsp3) is 0.0500. The molecule has 0 amide bonds. The van der Waals surface area contributed by atoms with Crippen molar-refractivity contribution in [1.29, 1.82) is 0 Å². The van der Waals surface area contributed by atoms with E-state index in [1.807, 2.05) is 60.7 Å². The first-order valence-corrected chi connectivity index (χ1v) is 7.90. The van der Waals surface area contributed by atoms with Crippen LogP contribution in [-0.4, -0.2) is 5.24 Å². The van der Waals surface area contributed by atoms with Gasteiger partial charge in [0.2, 0.25) is 0 Å². The lowest BCUT2D eigenvalue weighted by molar-refractivity contribution is -0.0459. The van der Waals surface area contributed by atoms with E-state index >= 15 is 0 Å². The Morgan fingerprint density at radius 1 is 0.750 bits per heavy atom. The van der Waals surface area contributed by atoms with Crippen LogP contribution < -0.4 is 9.47 Å². The summed E-state index contributed by atoms with van der Waals surface area (Å²) < 4.78 is 12.4. The molecule has 4 heteroatoms. The number of halogens is 1. The van der Waals surface area contributed by atoms with Gasteiger partial charge in [-0.3, -0.25) is 4.79 Å². The van der Waals surface area contributed by atoms with Gasteiger partial charge < -0.3 is 9.47 Å². The molecule has 0 atom stereocenters. The molecule has 1 aliphatic heterocycles. The quantitative estimate of drug-likeness (QED) is 0.648. The van der Waals surface area contributed by atoms with Crippen LogP contribution in [0.4, 0.5) is 0 Å². The summed E-state index contributed by atoms with van der Waals surface area (Å²) in [4.78, 5) is 11.4. The number of carbonyl (C=O) groups is 1. The van der Waals surface area contributed by atoms with Gasteiger partial charge in [0.05, 0.1) is 0 Å². The highest BCUT2D eigenvalue weighted by Gasteiger charge is 2.45. The first-order chi connectivity index (χ1) is 11.7. The van der Waals surface area contributed by atoms with Crippen LogP contribution in [0.15, 0.2) is 78.9 Å². The largest absolute Gasteiger partial charge is 0.440 e. The Morgan fingerprint density at radius 2 is 1.29 bits per heavy atom. The highest BCUT2D eigenvalue weighted by atomic mass is 35.5. The molecule has 0 radical (unpaired) electrons. The van der Waals surface area contributed by atoms with Crippen molar-refractivity contribution in [3.05, 3.63) is 95.6 Å². The van der Waals surface area contributed by atoms with Crippen molar-refractivity contribution in [2.24, 2.45) is 0 Å². The summed E-state index contributed by atoms with van der Waals surface area (Å²) in [5, 5.41) is -0.529. The predicted molar refractivity (Wildman–Crippen MR) is 91.5 cm³/mol. The van der Waals surface area contributed by atoms with Gasteiger partial charge in [-0.2, -0.15) is 0 Å². The standard InChI is InChI=1S/C20H13ClO3/c21-19(22)14-11-12-17-18(13-14)24-20(23-17,15-7-3-1-4-8-15)16-9-5-2-6-10-16/h1-13H. The molecule has 0 aliphatic carbocycles. The van der Waals surface area contributed by atoms with Gasteiger partial charge in [0.15, 0.2) is 11.5 Å². The predicted octanol–water partition coefficient (Wildman–Crippen LogP) is 4.74. The van der Waals surface area contributed by atoms with Crippen LogP contribution in [0.25, 0.3) is 0 Å². The van der Waals surface area contributed by atoms with E-state index in [0.717, 1.165) is 11.1 Å². The molecular formula is C20H13ClO3. The van der Waals surface area contributed by atoms with Crippen LogP contribution in [0.3, 0.4) is 0 Å². The number of carbonyl (C=O) groups excluding carboxylic acids is 1. The van der Waals surface area contributed by atoms with Crippen LogP contribution >= 0.6 is 11.6 Å². The Hall–Kier alpha value is -2.78. The maximum atomic E-state index is 11.4. The molecule has 4 rings (SSSR count). The number of hydrogen-bond acceptors (Lipinski definition) is 3. The first-order valence-electron chi connectivity index (χ1n) is 7.52. The molecule has 1 heterocycles. The van der Waals surface area contributed by atoms with Gasteiger partial charge in [-0.15, -0.1) is 0 Å². The molecule has 0 saturated carbocycles. The maximum absolute atomic E-state index is 11.4. The molecule has 0 fully saturated rings. The van der Waals surface area contributed by atoms with Gasteiger partial charge in [-0.1, -0.05) is 60.7 Å². The molecule has 0 spiro atoms. The summed E-state index contributed by atoms with van der Waals surface area (Å²) in [5.74, 6) is -0.0164. The third-order valence-corrected chi connectivity index (χ3v) is 4.20. The van der Waals surface area contributed by atoms with E-state index in [4.69, 9.17) is 21.1 Å². The van der Waals surface area contributed by atoms with Gasteiger partial charge >= 0.3 is 5.79 Å². The Balaban J connectivity index is 1.87. The summed E-state index contributed by atoms with van der Waals surface area (Å²) >= 11 is 5.57. The highest BCUT2D eigenvalue weighted by molar-refractivity contribution is 6.67. The summed E-state index contributed by atoms with van der Waals surface area (Å²) in [5.41, 5.74) is 2.10. The van der Waals surface area contributed by atoms with Crippen LogP contribution in [0.5, 0.6) is 11.5 Å². The van der Waals surface area contributed by atoms with Crippen LogP contribution in [-0.2, 0) is 5.79 Å². The molecule has 0 N–H and O–H groups in total. The Labute approximate surface area is 144 Å². The first kappa shape index (κ1) is 14.8. The zero-order valence-electron chi connectivity index (χ0n) is 12.6. The summed E-state index contributed by atoms with van der Waals surface area (Å²) in [6.07, 6.45) is 0. The van der Waals surface area contributed by atoms with E-state index in [0.29, 0.717) is 17.1 Å². The smallest absolute Gasteiger partial charge is 0.305 e. The van der Waals surface area contributed by atoms with Crippen LogP contribution in [0, 0.1) is 0 Å². The zero-order valence-corrected chi connectivity index (χ0v) is 13.4. The van der Waals surface area contributed by atoms with E-state index in [-0.39, 0.29) is 0 Å². The van der Waals surface area contributed by atoms with E-state index in [1.165, 1.54) is 0 Å². The SMILES string of the molecule is O=C(Cl)c1ccc2c(c1)OC(c1ccccc1)(c1ccccc1)O2. The Morgan fingerprint density at radius 3 is 1.83 bits per heavy atom. The van der Waals surface area contributed by atoms with Gasteiger partial charge in [0, 0.05) is 16.7 Å². The number of ether oxygens (including phenoxy) is 2. The zero-order chi connectivity index (χ0) is 16.6. The third-order valence-electron chi connectivity index (χ3n) is 3.99. The van der Waals surface area contributed by atoms with Gasteiger partial charge in [0.1, 0.15) is 0 Å². The van der Waals surface area contributed by atoms with Gasteiger partial charge in [-0.05, 0) is 29.8 Å². The molecule has 0 saturated heterocycles. The van der Waals surface area contributed by atoms with Gasteiger partial charge in [-0.25, -0.2) is 0 Å². The second kappa shape index (κ2) is 5.69. The van der Waals surface area contributed by atoms with Gasteiger partial charge in [0.25, 0.3) is 5.24 Å². The van der Waals surface area contributed by atoms with Crippen molar-refractivity contribution in [1.82, 2.24) is 0 Å². The molecule has 3 aromatic rings. The lowest BCUT2D eigenvalue weighted by Gasteiger charge is -2.28. The minimum Gasteiger partial charge on any atom is -0.440 e. The normalized spacial score (nSPS) is 14.4. The number of rotatable bonds is 3. The molecule has 0 unspecified atom stereocenters. The molecule has 0 aromatic heterocycles. The average Bonchev–Trinajstić information content (AvgIpc) is 3.03. The third kappa shape index (κ3) is 2.34. The minimum atomic E-state index is -1.08. The summed E-state index contributed by atoms with van der Waals surface area (Å²) in [6, 6.07) is 24.4. The molecule has 1 aliphatic rings. The van der Waals surface area contributed by atoms with Crippen molar-refractivity contribution in [3.63, 3.8) is 0 Å². The van der Waals surface area contributed by atoms with Crippen LogP contribution in [0.2, 0.25) is 0 Å². The lowest BCUT2D eigenvalue weighted by atomic mass is 9.97. The Bertz CT molecular complexity index is 852. The fourth-order valence-corrected chi connectivity index (χ4v) is 2.96. The lowest BCUT2D eigenvalue weighted by Crippen LogP contribution is -2.36. The minimum absolute atomic E-state index is 0.371. The van der Waals surface area contributed by atoms with E-state index < -0.39 is 11.0 Å².